The fourth-order valence-electron chi connectivity index (χ4n) is 1.47. The van der Waals surface area contributed by atoms with Gasteiger partial charge in [-0.25, -0.2) is 4.98 Å². The molecule has 0 atom stereocenters. The molecule has 1 saturated heterocycles. The minimum Gasteiger partial charge on any atom is -0.315 e. The number of aryl methyl sites for hydroxylation is 2. The smallest absolute Gasteiger partial charge is 0.0928 e. The highest BCUT2D eigenvalue weighted by Crippen LogP contribution is 2.29. The van der Waals surface area contributed by atoms with Gasteiger partial charge in [-0.1, -0.05) is 6.92 Å². The Morgan fingerprint density at radius 1 is 1.58 bits per heavy atom. The van der Waals surface area contributed by atoms with E-state index in [1.165, 1.54) is 15.6 Å². The fraction of sp³-hybridized carbons (Fsp3) is 0.667. The highest BCUT2D eigenvalue weighted by atomic mass is 32.1. The zero-order chi connectivity index (χ0) is 8.55. The van der Waals surface area contributed by atoms with Crippen molar-refractivity contribution >= 4 is 11.3 Å². The molecule has 0 saturated carbocycles. The molecule has 0 bridgehead atoms. The van der Waals surface area contributed by atoms with Gasteiger partial charge < -0.3 is 5.32 Å². The standard InChI is InChI=1S/C9H14N2S/c1-3-8-11-6(2)9(12-8)7-4-10-5-7/h7,10H,3-5H2,1-2H3. The van der Waals surface area contributed by atoms with Crippen molar-refractivity contribution in [2.75, 3.05) is 13.1 Å². The lowest BCUT2D eigenvalue weighted by Gasteiger charge is -2.26. The summed E-state index contributed by atoms with van der Waals surface area (Å²) in [6.45, 7) is 6.59. The van der Waals surface area contributed by atoms with E-state index in [0.29, 0.717) is 0 Å². The second-order valence-electron chi connectivity index (χ2n) is 3.27. The monoisotopic (exact) mass is 182 g/mol. The first-order valence-electron chi connectivity index (χ1n) is 4.48. The van der Waals surface area contributed by atoms with Crippen LogP contribution in [-0.4, -0.2) is 18.1 Å². The Kier molecular flexibility index (Phi) is 2.15. The third kappa shape index (κ3) is 1.27. The maximum atomic E-state index is 4.52. The lowest BCUT2D eigenvalue weighted by molar-refractivity contribution is 0.452. The maximum Gasteiger partial charge on any atom is 0.0928 e. The summed E-state index contributed by atoms with van der Waals surface area (Å²) in [5.41, 5.74) is 1.25. The van der Waals surface area contributed by atoms with Crippen LogP contribution in [0.5, 0.6) is 0 Å². The molecule has 1 fully saturated rings. The van der Waals surface area contributed by atoms with Gasteiger partial charge in [0.1, 0.15) is 0 Å². The van der Waals surface area contributed by atoms with Crippen LogP contribution in [0.2, 0.25) is 0 Å². The van der Waals surface area contributed by atoms with Gasteiger partial charge in [-0.05, 0) is 13.3 Å². The summed E-state index contributed by atoms with van der Waals surface area (Å²) in [7, 11) is 0. The Hall–Kier alpha value is -0.410. The number of rotatable bonds is 2. The molecule has 0 amide bonds. The Morgan fingerprint density at radius 2 is 2.33 bits per heavy atom. The normalized spacial score (nSPS) is 17.8. The number of aromatic nitrogens is 1. The molecule has 0 spiro atoms. The van der Waals surface area contributed by atoms with Crippen molar-refractivity contribution in [3.63, 3.8) is 0 Å². The second-order valence-corrected chi connectivity index (χ2v) is 4.38. The first-order valence-corrected chi connectivity index (χ1v) is 5.29. The maximum absolute atomic E-state index is 4.52. The molecule has 0 aliphatic carbocycles. The van der Waals surface area contributed by atoms with Crippen LogP contribution in [0.25, 0.3) is 0 Å². The van der Waals surface area contributed by atoms with Gasteiger partial charge in [-0.3, -0.25) is 0 Å². The average Bonchev–Trinajstić information content (AvgIpc) is 2.29. The molecule has 1 aliphatic heterocycles. The SMILES string of the molecule is CCc1nc(C)c(C2CNC2)s1. The molecule has 0 unspecified atom stereocenters. The molecule has 1 N–H and O–H groups in total. The van der Waals surface area contributed by atoms with Gasteiger partial charge in [0.25, 0.3) is 0 Å². The highest BCUT2D eigenvalue weighted by molar-refractivity contribution is 7.11. The second kappa shape index (κ2) is 3.15. The van der Waals surface area contributed by atoms with Gasteiger partial charge in [-0.2, -0.15) is 0 Å². The van der Waals surface area contributed by atoms with Crippen LogP contribution in [0.4, 0.5) is 0 Å². The summed E-state index contributed by atoms with van der Waals surface area (Å²) in [6.07, 6.45) is 1.08. The molecular formula is C9H14N2S. The van der Waals surface area contributed by atoms with Gasteiger partial charge in [0.2, 0.25) is 0 Å². The molecule has 1 aromatic rings. The summed E-state index contributed by atoms with van der Waals surface area (Å²) in [6, 6.07) is 0. The van der Waals surface area contributed by atoms with E-state index >= 15 is 0 Å². The predicted molar refractivity (Wildman–Crippen MR) is 51.8 cm³/mol. The topological polar surface area (TPSA) is 24.9 Å². The number of nitrogens with one attached hydrogen (secondary N) is 1. The minimum atomic E-state index is 0.753. The van der Waals surface area contributed by atoms with E-state index < -0.39 is 0 Å². The number of thiazole rings is 1. The van der Waals surface area contributed by atoms with Crippen LogP contribution >= 0.6 is 11.3 Å². The Labute approximate surface area is 77.0 Å². The molecule has 66 valence electrons. The zero-order valence-corrected chi connectivity index (χ0v) is 8.37. The Bertz CT molecular complexity index is 276. The molecule has 0 aromatic carbocycles. The van der Waals surface area contributed by atoms with Crippen molar-refractivity contribution in [1.82, 2.24) is 10.3 Å². The quantitative estimate of drug-likeness (QED) is 0.753. The average molecular weight is 182 g/mol. The fourth-order valence-corrected chi connectivity index (χ4v) is 2.58. The van der Waals surface area contributed by atoms with Gasteiger partial charge in [-0.15, -0.1) is 11.3 Å². The van der Waals surface area contributed by atoms with Gasteiger partial charge in [0, 0.05) is 23.9 Å². The van der Waals surface area contributed by atoms with Crippen molar-refractivity contribution < 1.29 is 0 Å². The highest BCUT2D eigenvalue weighted by Gasteiger charge is 2.23. The van der Waals surface area contributed by atoms with Crippen molar-refractivity contribution in [2.24, 2.45) is 0 Å². The molecule has 0 radical (unpaired) electrons. The van der Waals surface area contributed by atoms with Crippen molar-refractivity contribution in [3.05, 3.63) is 15.6 Å². The molecule has 12 heavy (non-hydrogen) atoms. The van der Waals surface area contributed by atoms with Crippen LogP contribution in [0.3, 0.4) is 0 Å². The van der Waals surface area contributed by atoms with E-state index in [2.05, 4.69) is 24.1 Å². The third-order valence-corrected chi connectivity index (χ3v) is 3.80. The van der Waals surface area contributed by atoms with Crippen LogP contribution in [0.15, 0.2) is 0 Å². The summed E-state index contributed by atoms with van der Waals surface area (Å²) < 4.78 is 0. The molecule has 1 aliphatic rings. The van der Waals surface area contributed by atoms with Crippen LogP contribution < -0.4 is 5.32 Å². The first-order chi connectivity index (χ1) is 5.81. The van der Waals surface area contributed by atoms with E-state index in [-0.39, 0.29) is 0 Å². The Morgan fingerprint density at radius 3 is 2.75 bits per heavy atom. The largest absolute Gasteiger partial charge is 0.315 e. The molecule has 3 heteroatoms. The van der Waals surface area contributed by atoms with Gasteiger partial charge in [0.05, 0.1) is 10.7 Å². The lowest BCUT2D eigenvalue weighted by Crippen LogP contribution is -2.39. The van der Waals surface area contributed by atoms with E-state index in [4.69, 9.17) is 0 Å². The molecule has 2 nitrogen and oxygen atoms in total. The Balaban J connectivity index is 2.23. The lowest BCUT2D eigenvalue weighted by atomic mass is 10.0. The molecular weight excluding hydrogens is 168 g/mol. The summed E-state index contributed by atoms with van der Waals surface area (Å²) in [4.78, 5) is 6.03. The molecule has 2 rings (SSSR count). The number of hydrogen-bond donors (Lipinski definition) is 1. The number of hydrogen-bond acceptors (Lipinski definition) is 3. The first kappa shape index (κ1) is 8.20. The van der Waals surface area contributed by atoms with E-state index in [9.17, 15) is 0 Å². The summed E-state index contributed by atoms with van der Waals surface area (Å²) in [5.74, 6) is 0.753. The van der Waals surface area contributed by atoms with E-state index in [1.807, 2.05) is 11.3 Å². The minimum absolute atomic E-state index is 0.753. The predicted octanol–water partition coefficient (Wildman–Crippen LogP) is 1.70. The summed E-state index contributed by atoms with van der Waals surface area (Å²) in [5, 5.41) is 4.58. The summed E-state index contributed by atoms with van der Waals surface area (Å²) >= 11 is 1.89. The third-order valence-electron chi connectivity index (χ3n) is 2.33. The molecule has 2 heterocycles. The van der Waals surface area contributed by atoms with Crippen molar-refractivity contribution in [1.29, 1.82) is 0 Å². The van der Waals surface area contributed by atoms with Gasteiger partial charge in [0.15, 0.2) is 0 Å². The number of nitrogens with zero attached hydrogens (tertiary/aromatic N) is 1. The van der Waals surface area contributed by atoms with Crippen LogP contribution in [-0.2, 0) is 6.42 Å². The van der Waals surface area contributed by atoms with Crippen molar-refractivity contribution in [3.8, 4) is 0 Å². The van der Waals surface area contributed by atoms with Crippen molar-refractivity contribution in [2.45, 2.75) is 26.2 Å². The molecule has 1 aromatic heterocycles. The van der Waals surface area contributed by atoms with E-state index in [1.54, 1.807) is 0 Å². The zero-order valence-electron chi connectivity index (χ0n) is 7.55. The van der Waals surface area contributed by atoms with Crippen LogP contribution in [0, 0.1) is 6.92 Å². The van der Waals surface area contributed by atoms with Crippen LogP contribution in [0.1, 0.15) is 28.4 Å². The van der Waals surface area contributed by atoms with E-state index in [0.717, 1.165) is 25.4 Å². The van der Waals surface area contributed by atoms with Gasteiger partial charge >= 0.3 is 0 Å².